The molecular formula is C17H17FN2O. The lowest BCUT2D eigenvalue weighted by Crippen LogP contribution is -2.30. The summed E-state index contributed by atoms with van der Waals surface area (Å²) >= 11 is 0. The molecule has 108 valence electrons. The molecule has 2 aromatic rings. The lowest BCUT2D eigenvalue weighted by atomic mass is 10.0. The highest BCUT2D eigenvalue weighted by molar-refractivity contribution is 5.95. The number of hydrogen-bond acceptors (Lipinski definition) is 2. The zero-order valence-electron chi connectivity index (χ0n) is 11.6. The number of halogens is 1. The third kappa shape index (κ3) is 2.61. The largest absolute Gasteiger partial charge is 0.396 e. The first kappa shape index (κ1) is 13.6. The van der Waals surface area contributed by atoms with Crippen LogP contribution < -0.4 is 5.73 Å². The van der Waals surface area contributed by atoms with E-state index in [4.69, 9.17) is 5.73 Å². The maximum atomic E-state index is 13.6. The molecule has 0 spiro atoms. The molecule has 21 heavy (non-hydrogen) atoms. The first-order valence-corrected chi connectivity index (χ1v) is 7.08. The van der Waals surface area contributed by atoms with Gasteiger partial charge in [0.2, 0.25) is 0 Å². The molecule has 1 amide bonds. The monoisotopic (exact) mass is 284 g/mol. The molecule has 1 aliphatic rings. The van der Waals surface area contributed by atoms with Crippen LogP contribution in [0.1, 0.15) is 34.8 Å². The van der Waals surface area contributed by atoms with Crippen molar-refractivity contribution in [1.82, 2.24) is 4.90 Å². The molecule has 0 aromatic heterocycles. The van der Waals surface area contributed by atoms with Gasteiger partial charge in [-0.25, -0.2) is 4.39 Å². The van der Waals surface area contributed by atoms with E-state index in [1.54, 1.807) is 6.07 Å². The number of amides is 1. The number of nitrogen functional groups attached to an aromatic ring is 1. The van der Waals surface area contributed by atoms with Gasteiger partial charge in [0.25, 0.3) is 5.91 Å². The minimum atomic E-state index is -0.545. The molecule has 2 aromatic carbocycles. The van der Waals surface area contributed by atoms with E-state index in [0.717, 1.165) is 18.4 Å². The predicted molar refractivity (Wildman–Crippen MR) is 80.3 cm³/mol. The van der Waals surface area contributed by atoms with Gasteiger partial charge in [-0.15, -0.1) is 0 Å². The van der Waals surface area contributed by atoms with Crippen molar-refractivity contribution in [2.75, 3.05) is 12.3 Å². The van der Waals surface area contributed by atoms with Gasteiger partial charge in [0.05, 0.1) is 11.7 Å². The summed E-state index contributed by atoms with van der Waals surface area (Å²) in [6, 6.07) is 14.3. The van der Waals surface area contributed by atoms with Gasteiger partial charge in [0, 0.05) is 12.1 Å². The van der Waals surface area contributed by atoms with Crippen molar-refractivity contribution < 1.29 is 9.18 Å². The normalized spacial score (nSPS) is 18.0. The molecule has 1 atom stereocenters. The minimum Gasteiger partial charge on any atom is -0.396 e. The number of anilines is 1. The summed E-state index contributed by atoms with van der Waals surface area (Å²) in [5.74, 6) is -0.684. The van der Waals surface area contributed by atoms with Crippen molar-refractivity contribution >= 4 is 11.6 Å². The van der Waals surface area contributed by atoms with Crippen molar-refractivity contribution in [2.45, 2.75) is 18.9 Å². The summed E-state index contributed by atoms with van der Waals surface area (Å²) in [7, 11) is 0. The fourth-order valence-corrected chi connectivity index (χ4v) is 2.86. The Morgan fingerprint density at radius 2 is 1.95 bits per heavy atom. The molecule has 2 N–H and O–H groups in total. The Labute approximate surface area is 123 Å². The Hall–Kier alpha value is -2.36. The van der Waals surface area contributed by atoms with E-state index in [1.807, 2.05) is 35.2 Å². The summed E-state index contributed by atoms with van der Waals surface area (Å²) in [4.78, 5) is 14.4. The molecule has 3 rings (SSSR count). The number of benzene rings is 2. The zero-order valence-corrected chi connectivity index (χ0v) is 11.6. The van der Waals surface area contributed by atoms with Crippen molar-refractivity contribution in [3.63, 3.8) is 0 Å². The molecule has 0 bridgehead atoms. The van der Waals surface area contributed by atoms with Crippen molar-refractivity contribution in [2.24, 2.45) is 0 Å². The SMILES string of the molecule is Nc1ccc(C(=O)N2CCCC2c2ccccc2)cc1F. The van der Waals surface area contributed by atoms with Crippen molar-refractivity contribution in [3.05, 3.63) is 65.5 Å². The molecule has 1 saturated heterocycles. The molecule has 0 aliphatic carbocycles. The topological polar surface area (TPSA) is 46.3 Å². The fraction of sp³-hybridized carbons (Fsp3) is 0.235. The average molecular weight is 284 g/mol. The standard InChI is InChI=1S/C17H17FN2O/c18-14-11-13(8-9-15(14)19)17(21)20-10-4-7-16(20)12-5-2-1-3-6-12/h1-3,5-6,8-9,11,16H,4,7,10,19H2. The van der Waals surface area contributed by atoms with E-state index in [2.05, 4.69) is 0 Å². The van der Waals surface area contributed by atoms with Crippen LogP contribution in [0.25, 0.3) is 0 Å². The molecule has 0 saturated carbocycles. The maximum absolute atomic E-state index is 13.6. The van der Waals surface area contributed by atoms with E-state index >= 15 is 0 Å². The van der Waals surface area contributed by atoms with Crippen LogP contribution in [0, 0.1) is 5.82 Å². The lowest BCUT2D eigenvalue weighted by molar-refractivity contribution is 0.0735. The van der Waals surface area contributed by atoms with Crippen LogP contribution in [-0.2, 0) is 0 Å². The third-order valence-electron chi connectivity index (χ3n) is 3.95. The van der Waals surface area contributed by atoms with E-state index in [0.29, 0.717) is 12.1 Å². The summed E-state index contributed by atoms with van der Waals surface area (Å²) in [6.45, 7) is 0.699. The lowest BCUT2D eigenvalue weighted by Gasteiger charge is -2.25. The highest BCUT2D eigenvalue weighted by Gasteiger charge is 2.30. The molecule has 0 radical (unpaired) electrons. The van der Waals surface area contributed by atoms with Gasteiger partial charge in [-0.2, -0.15) is 0 Å². The summed E-state index contributed by atoms with van der Waals surface area (Å²) < 4.78 is 13.6. The molecule has 1 aliphatic heterocycles. The average Bonchev–Trinajstić information content (AvgIpc) is 2.99. The van der Waals surface area contributed by atoms with E-state index in [1.165, 1.54) is 12.1 Å². The van der Waals surface area contributed by atoms with Crippen molar-refractivity contribution in [1.29, 1.82) is 0 Å². The Kier molecular flexibility index (Phi) is 3.60. The molecular weight excluding hydrogens is 267 g/mol. The number of carbonyl (C=O) groups excluding carboxylic acids is 1. The number of nitrogens with zero attached hydrogens (tertiary/aromatic N) is 1. The predicted octanol–water partition coefficient (Wildman–Crippen LogP) is 3.39. The van der Waals surface area contributed by atoms with E-state index in [-0.39, 0.29) is 17.6 Å². The number of rotatable bonds is 2. The number of carbonyl (C=O) groups is 1. The molecule has 4 heteroatoms. The van der Waals surface area contributed by atoms with Crippen LogP contribution in [0.15, 0.2) is 48.5 Å². The second-order valence-corrected chi connectivity index (χ2v) is 5.30. The van der Waals surface area contributed by atoms with E-state index in [9.17, 15) is 9.18 Å². The van der Waals surface area contributed by atoms with Crippen LogP contribution in [0.3, 0.4) is 0 Å². The highest BCUT2D eigenvalue weighted by atomic mass is 19.1. The van der Waals surface area contributed by atoms with Crippen LogP contribution in [0.2, 0.25) is 0 Å². The quantitative estimate of drug-likeness (QED) is 0.859. The Bertz CT molecular complexity index is 657. The zero-order chi connectivity index (χ0) is 14.8. The van der Waals surface area contributed by atoms with Crippen LogP contribution in [0.4, 0.5) is 10.1 Å². The van der Waals surface area contributed by atoms with Gasteiger partial charge >= 0.3 is 0 Å². The second kappa shape index (κ2) is 5.56. The Morgan fingerprint density at radius 1 is 1.19 bits per heavy atom. The maximum Gasteiger partial charge on any atom is 0.254 e. The molecule has 1 fully saturated rings. The van der Waals surface area contributed by atoms with Gasteiger partial charge in [0.15, 0.2) is 0 Å². The highest BCUT2D eigenvalue weighted by Crippen LogP contribution is 2.33. The van der Waals surface area contributed by atoms with Crippen LogP contribution in [0.5, 0.6) is 0 Å². The Balaban J connectivity index is 1.88. The first-order chi connectivity index (χ1) is 10.2. The third-order valence-corrected chi connectivity index (χ3v) is 3.95. The number of likely N-dealkylation sites (tertiary alicyclic amines) is 1. The second-order valence-electron chi connectivity index (χ2n) is 5.30. The van der Waals surface area contributed by atoms with Gasteiger partial charge in [0.1, 0.15) is 5.82 Å². The minimum absolute atomic E-state index is 0.0626. The van der Waals surface area contributed by atoms with Gasteiger partial charge < -0.3 is 10.6 Å². The van der Waals surface area contributed by atoms with Crippen molar-refractivity contribution in [3.8, 4) is 0 Å². The number of nitrogens with two attached hydrogens (primary N) is 1. The van der Waals surface area contributed by atoms with Crippen LogP contribution in [-0.4, -0.2) is 17.4 Å². The van der Waals surface area contributed by atoms with Gasteiger partial charge in [-0.3, -0.25) is 4.79 Å². The Morgan fingerprint density at radius 3 is 2.67 bits per heavy atom. The molecule has 1 unspecified atom stereocenters. The fourth-order valence-electron chi connectivity index (χ4n) is 2.86. The van der Waals surface area contributed by atoms with Crippen LogP contribution >= 0.6 is 0 Å². The van der Waals surface area contributed by atoms with Gasteiger partial charge in [-0.1, -0.05) is 30.3 Å². The number of hydrogen-bond donors (Lipinski definition) is 1. The van der Waals surface area contributed by atoms with Gasteiger partial charge in [-0.05, 0) is 36.6 Å². The van der Waals surface area contributed by atoms with E-state index < -0.39 is 5.82 Å². The summed E-state index contributed by atoms with van der Waals surface area (Å²) in [6.07, 6.45) is 1.90. The summed E-state index contributed by atoms with van der Waals surface area (Å²) in [5, 5.41) is 0. The summed E-state index contributed by atoms with van der Waals surface area (Å²) in [5.41, 5.74) is 7.00. The first-order valence-electron chi connectivity index (χ1n) is 7.08. The molecule has 1 heterocycles. The smallest absolute Gasteiger partial charge is 0.254 e. The molecule has 3 nitrogen and oxygen atoms in total.